The van der Waals surface area contributed by atoms with Crippen molar-refractivity contribution in [3.05, 3.63) is 0 Å². The Labute approximate surface area is 97.2 Å². The molecule has 0 aromatic heterocycles. The van der Waals surface area contributed by atoms with Crippen LogP contribution in [0.3, 0.4) is 0 Å². The maximum absolute atomic E-state index is 12.1. The Bertz CT molecular complexity index is 220. The van der Waals surface area contributed by atoms with E-state index in [1.807, 2.05) is 4.90 Å². The first-order chi connectivity index (χ1) is 7.86. The van der Waals surface area contributed by atoms with Crippen molar-refractivity contribution >= 4 is 5.91 Å². The van der Waals surface area contributed by atoms with Crippen LogP contribution < -0.4 is 10.6 Å². The van der Waals surface area contributed by atoms with Gasteiger partial charge in [-0.2, -0.15) is 0 Å². The van der Waals surface area contributed by atoms with Gasteiger partial charge in [-0.25, -0.2) is 0 Å². The molecule has 2 heterocycles. The van der Waals surface area contributed by atoms with E-state index in [9.17, 15) is 4.79 Å². The van der Waals surface area contributed by atoms with E-state index in [1.165, 1.54) is 0 Å². The summed E-state index contributed by atoms with van der Waals surface area (Å²) in [5, 5.41) is 6.62. The van der Waals surface area contributed by atoms with Crippen molar-refractivity contribution in [3.63, 3.8) is 0 Å². The molecule has 2 aliphatic heterocycles. The van der Waals surface area contributed by atoms with Crippen LogP contribution in [-0.2, 0) is 4.79 Å². The number of piperazine rings is 1. The molecule has 0 aliphatic carbocycles. The van der Waals surface area contributed by atoms with Gasteiger partial charge in [-0.15, -0.1) is 0 Å². The van der Waals surface area contributed by atoms with Crippen molar-refractivity contribution in [2.75, 3.05) is 58.9 Å². The molecule has 2 saturated heterocycles. The van der Waals surface area contributed by atoms with E-state index in [4.69, 9.17) is 0 Å². The van der Waals surface area contributed by atoms with Gasteiger partial charge in [0.15, 0.2) is 0 Å². The number of carbonyl (C=O) groups is 1. The summed E-state index contributed by atoms with van der Waals surface area (Å²) in [4.78, 5) is 16.3. The van der Waals surface area contributed by atoms with Gasteiger partial charge in [0.05, 0.1) is 6.54 Å². The van der Waals surface area contributed by atoms with Crippen molar-refractivity contribution in [1.82, 2.24) is 20.4 Å². The monoisotopic (exact) mass is 226 g/mol. The lowest BCUT2D eigenvalue weighted by atomic mass is 10.3. The number of carbonyl (C=O) groups excluding carboxylic acids is 1. The Balaban J connectivity index is 1.76. The van der Waals surface area contributed by atoms with E-state index < -0.39 is 0 Å². The Morgan fingerprint density at radius 3 is 2.44 bits per heavy atom. The van der Waals surface area contributed by atoms with E-state index in [0.29, 0.717) is 12.5 Å². The Morgan fingerprint density at radius 1 is 0.938 bits per heavy atom. The molecule has 0 bridgehead atoms. The molecule has 2 aliphatic rings. The minimum Gasteiger partial charge on any atom is -0.340 e. The third-order valence-electron chi connectivity index (χ3n) is 3.26. The van der Waals surface area contributed by atoms with Crippen molar-refractivity contribution < 1.29 is 4.79 Å². The molecule has 5 nitrogen and oxygen atoms in total. The van der Waals surface area contributed by atoms with Crippen molar-refractivity contribution in [3.8, 4) is 0 Å². The Morgan fingerprint density at radius 2 is 1.62 bits per heavy atom. The summed E-state index contributed by atoms with van der Waals surface area (Å²) >= 11 is 0. The van der Waals surface area contributed by atoms with Crippen LogP contribution in [0.15, 0.2) is 0 Å². The number of amides is 1. The lowest BCUT2D eigenvalue weighted by Gasteiger charge is -2.29. The molecule has 0 unspecified atom stereocenters. The predicted molar refractivity (Wildman–Crippen MR) is 63.4 cm³/mol. The molecule has 0 radical (unpaired) electrons. The number of hydrogen-bond donors (Lipinski definition) is 2. The molecule has 16 heavy (non-hydrogen) atoms. The van der Waals surface area contributed by atoms with Gasteiger partial charge in [-0.3, -0.25) is 9.69 Å². The summed E-state index contributed by atoms with van der Waals surface area (Å²) in [6.45, 7) is 8.37. The molecule has 0 aromatic carbocycles. The average Bonchev–Trinajstić information content (AvgIpc) is 2.59. The minimum absolute atomic E-state index is 0.297. The molecule has 0 saturated carbocycles. The van der Waals surface area contributed by atoms with Crippen LogP contribution in [0, 0.1) is 0 Å². The highest BCUT2D eigenvalue weighted by Crippen LogP contribution is 1.99. The van der Waals surface area contributed by atoms with Crippen LogP contribution in [-0.4, -0.2) is 74.6 Å². The molecule has 2 N–H and O–H groups in total. The highest BCUT2D eigenvalue weighted by atomic mass is 16.2. The van der Waals surface area contributed by atoms with Crippen molar-refractivity contribution in [2.24, 2.45) is 0 Å². The Kier molecular flexibility index (Phi) is 4.56. The number of nitrogens with one attached hydrogen (secondary N) is 2. The van der Waals surface area contributed by atoms with Crippen LogP contribution in [0.2, 0.25) is 0 Å². The summed E-state index contributed by atoms with van der Waals surface area (Å²) in [7, 11) is 0. The first-order valence-corrected chi connectivity index (χ1v) is 6.28. The molecule has 5 heteroatoms. The van der Waals surface area contributed by atoms with Gasteiger partial charge in [-0.05, 0) is 13.0 Å². The average molecular weight is 226 g/mol. The fraction of sp³-hybridized carbons (Fsp3) is 0.909. The molecule has 2 fully saturated rings. The van der Waals surface area contributed by atoms with Gasteiger partial charge >= 0.3 is 0 Å². The van der Waals surface area contributed by atoms with Gasteiger partial charge in [0.2, 0.25) is 5.91 Å². The maximum atomic E-state index is 12.1. The van der Waals surface area contributed by atoms with Gasteiger partial charge in [-0.1, -0.05) is 0 Å². The zero-order chi connectivity index (χ0) is 11.2. The zero-order valence-electron chi connectivity index (χ0n) is 9.87. The third kappa shape index (κ3) is 3.43. The topological polar surface area (TPSA) is 47.6 Å². The fourth-order valence-electron chi connectivity index (χ4n) is 2.26. The number of hydrogen-bond acceptors (Lipinski definition) is 4. The predicted octanol–water partition coefficient (Wildman–Crippen LogP) is -1.29. The summed E-state index contributed by atoms with van der Waals surface area (Å²) in [6.07, 6.45) is 1.08. The number of nitrogens with zero attached hydrogens (tertiary/aromatic N) is 2. The van der Waals surface area contributed by atoms with E-state index in [-0.39, 0.29) is 0 Å². The lowest BCUT2D eigenvalue weighted by Crippen LogP contribution is -2.48. The van der Waals surface area contributed by atoms with Crippen LogP contribution in [0.25, 0.3) is 0 Å². The molecule has 92 valence electrons. The smallest absolute Gasteiger partial charge is 0.236 e. The SMILES string of the molecule is O=C(CN1CCNCC1)N1CCCNCC1. The first-order valence-electron chi connectivity index (χ1n) is 6.28. The summed E-state index contributed by atoms with van der Waals surface area (Å²) in [6, 6.07) is 0. The van der Waals surface area contributed by atoms with Crippen LogP contribution in [0.4, 0.5) is 0 Å². The molecule has 0 aromatic rings. The van der Waals surface area contributed by atoms with E-state index in [2.05, 4.69) is 15.5 Å². The lowest BCUT2D eigenvalue weighted by molar-refractivity contribution is -0.132. The van der Waals surface area contributed by atoms with Gasteiger partial charge in [0, 0.05) is 45.8 Å². The van der Waals surface area contributed by atoms with Crippen LogP contribution in [0.5, 0.6) is 0 Å². The van der Waals surface area contributed by atoms with Crippen molar-refractivity contribution in [1.29, 1.82) is 0 Å². The van der Waals surface area contributed by atoms with E-state index in [0.717, 1.165) is 58.8 Å². The quantitative estimate of drug-likeness (QED) is 0.615. The van der Waals surface area contributed by atoms with E-state index in [1.54, 1.807) is 0 Å². The summed E-state index contributed by atoms with van der Waals surface area (Å²) in [5.74, 6) is 0.297. The normalized spacial score (nSPS) is 24.1. The molecule has 0 atom stereocenters. The molecular formula is C11H22N4O. The highest BCUT2D eigenvalue weighted by Gasteiger charge is 2.19. The molecule has 0 spiro atoms. The first kappa shape index (κ1) is 11.8. The molecular weight excluding hydrogens is 204 g/mol. The third-order valence-corrected chi connectivity index (χ3v) is 3.26. The molecule has 2 rings (SSSR count). The van der Waals surface area contributed by atoms with Gasteiger partial charge < -0.3 is 15.5 Å². The van der Waals surface area contributed by atoms with Crippen LogP contribution in [0.1, 0.15) is 6.42 Å². The highest BCUT2D eigenvalue weighted by molar-refractivity contribution is 5.78. The number of rotatable bonds is 2. The second-order valence-electron chi connectivity index (χ2n) is 4.51. The van der Waals surface area contributed by atoms with Gasteiger partial charge in [0.25, 0.3) is 0 Å². The van der Waals surface area contributed by atoms with Crippen LogP contribution >= 0.6 is 0 Å². The second-order valence-corrected chi connectivity index (χ2v) is 4.51. The summed E-state index contributed by atoms with van der Waals surface area (Å²) in [5.41, 5.74) is 0. The largest absolute Gasteiger partial charge is 0.340 e. The standard InChI is InChI=1S/C11H22N4O/c16-11(10-14-7-3-13-4-8-14)15-6-1-2-12-5-9-15/h12-13H,1-10H2. The maximum Gasteiger partial charge on any atom is 0.236 e. The zero-order valence-corrected chi connectivity index (χ0v) is 9.87. The fourth-order valence-corrected chi connectivity index (χ4v) is 2.26. The van der Waals surface area contributed by atoms with Gasteiger partial charge in [0.1, 0.15) is 0 Å². The van der Waals surface area contributed by atoms with Crippen molar-refractivity contribution in [2.45, 2.75) is 6.42 Å². The summed E-state index contributed by atoms with van der Waals surface area (Å²) < 4.78 is 0. The molecule has 1 amide bonds. The minimum atomic E-state index is 0.297. The second kappa shape index (κ2) is 6.18. The Hall–Kier alpha value is -0.650. The van der Waals surface area contributed by atoms with E-state index >= 15 is 0 Å².